The molecule has 0 aromatic carbocycles. The lowest BCUT2D eigenvalue weighted by atomic mass is 10.6. The first-order chi connectivity index (χ1) is 10.1. The standard InChI is InChI=1S/C8H4N4O8S2/c13-11(14)7-3-1-5(21(7,17)18)9-10-6-2-4-8(12(15)16)22(6,19)20/h1-4H. The number of nitrogens with zero attached hydrogens (tertiary/aromatic N) is 4. The Bertz CT molecular complexity index is 870. The number of hydrogen-bond acceptors (Lipinski definition) is 10. The quantitative estimate of drug-likeness (QED) is 0.392. The number of hydrogen-bond donors (Lipinski definition) is 0. The molecular weight excluding hydrogens is 344 g/mol. The van der Waals surface area contributed by atoms with E-state index >= 15 is 0 Å². The van der Waals surface area contributed by atoms with E-state index in [4.69, 9.17) is 0 Å². The lowest BCUT2D eigenvalue weighted by Crippen LogP contribution is -2.10. The van der Waals surface area contributed by atoms with Crippen molar-refractivity contribution >= 4 is 19.7 Å². The molecule has 22 heavy (non-hydrogen) atoms. The molecule has 14 heteroatoms. The second-order valence-electron chi connectivity index (χ2n) is 3.74. The van der Waals surface area contributed by atoms with Gasteiger partial charge in [0.25, 0.3) is 19.7 Å². The molecular formula is C8H4N4O8S2. The van der Waals surface area contributed by atoms with Crippen molar-refractivity contribution in [2.24, 2.45) is 10.2 Å². The third kappa shape index (κ3) is 2.33. The van der Waals surface area contributed by atoms with Gasteiger partial charge in [-0.05, 0) is 12.2 Å². The molecule has 116 valence electrons. The number of nitro groups is 2. The van der Waals surface area contributed by atoms with Crippen LogP contribution in [0.25, 0.3) is 0 Å². The van der Waals surface area contributed by atoms with E-state index in [1.54, 1.807) is 0 Å². The molecule has 0 amide bonds. The van der Waals surface area contributed by atoms with Crippen LogP contribution in [0.1, 0.15) is 0 Å². The Hall–Kier alpha value is -2.74. The zero-order chi connectivity index (χ0) is 16.7. The van der Waals surface area contributed by atoms with Crippen LogP contribution in [0.2, 0.25) is 0 Å². The fourth-order valence-corrected chi connectivity index (χ4v) is 3.55. The van der Waals surface area contributed by atoms with Crippen LogP contribution in [0.3, 0.4) is 0 Å². The Kier molecular flexibility index (Phi) is 3.50. The van der Waals surface area contributed by atoms with Crippen molar-refractivity contribution in [2.45, 2.75) is 0 Å². The van der Waals surface area contributed by atoms with Crippen molar-refractivity contribution in [1.82, 2.24) is 0 Å². The molecule has 0 aliphatic carbocycles. The number of allylic oxidation sites excluding steroid dienone is 4. The van der Waals surface area contributed by atoms with Crippen LogP contribution in [0.4, 0.5) is 0 Å². The first-order valence-corrected chi connectivity index (χ1v) is 8.10. The van der Waals surface area contributed by atoms with Crippen LogP contribution in [-0.4, -0.2) is 26.7 Å². The molecule has 2 heterocycles. The first-order valence-electron chi connectivity index (χ1n) is 5.13. The summed E-state index contributed by atoms with van der Waals surface area (Å²) in [5.74, 6) is 0. The van der Waals surface area contributed by atoms with Crippen LogP contribution in [-0.2, 0) is 19.7 Å². The first kappa shape index (κ1) is 15.6. The van der Waals surface area contributed by atoms with Crippen molar-refractivity contribution in [1.29, 1.82) is 0 Å². The number of sulfone groups is 2. The number of rotatable bonds is 4. The van der Waals surface area contributed by atoms with Crippen LogP contribution < -0.4 is 0 Å². The lowest BCUT2D eigenvalue weighted by Gasteiger charge is -1.96. The van der Waals surface area contributed by atoms with Gasteiger partial charge in [-0.3, -0.25) is 20.2 Å². The molecule has 0 radical (unpaired) electrons. The largest absolute Gasteiger partial charge is 0.365 e. The molecule has 0 bridgehead atoms. The smallest absolute Gasteiger partial charge is 0.258 e. The zero-order valence-electron chi connectivity index (χ0n) is 10.2. The summed E-state index contributed by atoms with van der Waals surface area (Å²) in [6.45, 7) is 0. The molecule has 0 unspecified atom stereocenters. The minimum Gasteiger partial charge on any atom is -0.258 e. The Balaban J connectivity index is 2.28. The molecule has 12 nitrogen and oxygen atoms in total. The van der Waals surface area contributed by atoms with Crippen molar-refractivity contribution in [3.8, 4) is 0 Å². The van der Waals surface area contributed by atoms with Crippen LogP contribution in [0.5, 0.6) is 0 Å². The third-order valence-corrected chi connectivity index (χ3v) is 5.65. The monoisotopic (exact) mass is 348 g/mol. The number of azo groups is 1. The van der Waals surface area contributed by atoms with Gasteiger partial charge in [0.2, 0.25) is 0 Å². The summed E-state index contributed by atoms with van der Waals surface area (Å²) in [6.07, 6.45) is 2.87. The van der Waals surface area contributed by atoms with Gasteiger partial charge in [-0.25, -0.2) is 16.8 Å². The summed E-state index contributed by atoms with van der Waals surface area (Å²) in [7, 11) is -8.99. The van der Waals surface area contributed by atoms with E-state index in [0.717, 1.165) is 12.2 Å². The van der Waals surface area contributed by atoms with Crippen LogP contribution in [0, 0.1) is 20.2 Å². The minimum absolute atomic E-state index is 0.669. The van der Waals surface area contributed by atoms with E-state index in [0.29, 0.717) is 12.2 Å². The lowest BCUT2D eigenvalue weighted by molar-refractivity contribution is -0.411. The van der Waals surface area contributed by atoms with E-state index in [2.05, 4.69) is 10.2 Å². The summed E-state index contributed by atoms with van der Waals surface area (Å²) >= 11 is 0. The molecule has 0 aromatic rings. The Morgan fingerprint density at radius 2 is 1.05 bits per heavy atom. The van der Waals surface area contributed by atoms with E-state index in [9.17, 15) is 37.1 Å². The summed E-state index contributed by atoms with van der Waals surface area (Å²) in [5, 5.41) is 23.3. The normalized spacial score (nSPS) is 22.0. The van der Waals surface area contributed by atoms with E-state index in [1.165, 1.54) is 0 Å². The van der Waals surface area contributed by atoms with Crippen LogP contribution in [0.15, 0.2) is 54.6 Å². The Morgan fingerprint density at radius 1 is 0.727 bits per heavy atom. The highest BCUT2D eigenvalue weighted by Crippen LogP contribution is 2.29. The maximum absolute atomic E-state index is 11.7. The summed E-state index contributed by atoms with van der Waals surface area (Å²) in [5.41, 5.74) is 0. The fraction of sp³-hybridized carbons (Fsp3) is 0. The summed E-state index contributed by atoms with van der Waals surface area (Å²) in [4.78, 5) is 18.7. The highest BCUT2D eigenvalue weighted by molar-refractivity contribution is 7.99. The predicted octanol–water partition coefficient (Wildman–Crippen LogP) is 0.214. The second kappa shape index (κ2) is 4.92. The summed E-state index contributed by atoms with van der Waals surface area (Å²) < 4.78 is 46.6. The Morgan fingerprint density at radius 3 is 1.27 bits per heavy atom. The molecule has 0 N–H and O–H groups in total. The van der Waals surface area contributed by atoms with Gasteiger partial charge >= 0.3 is 10.1 Å². The van der Waals surface area contributed by atoms with Crippen molar-refractivity contribution < 1.29 is 26.7 Å². The second-order valence-corrected chi connectivity index (χ2v) is 7.43. The SMILES string of the molecule is O=[N+]([O-])C1=CC=C(N=NC2=CC=C([N+](=O)[O-])S2(=O)=O)S1(=O)=O. The minimum atomic E-state index is -4.50. The highest BCUT2D eigenvalue weighted by atomic mass is 32.2. The van der Waals surface area contributed by atoms with Gasteiger partial charge in [-0.1, -0.05) is 0 Å². The average molecular weight is 348 g/mol. The molecule has 0 spiro atoms. The maximum Gasteiger partial charge on any atom is 0.365 e. The fourth-order valence-electron chi connectivity index (χ4n) is 1.45. The Labute approximate surface area is 122 Å². The average Bonchev–Trinajstić information content (AvgIpc) is 2.83. The zero-order valence-corrected chi connectivity index (χ0v) is 11.8. The molecule has 0 saturated heterocycles. The van der Waals surface area contributed by atoms with E-state index in [1.807, 2.05) is 0 Å². The van der Waals surface area contributed by atoms with Gasteiger partial charge in [-0.2, -0.15) is 0 Å². The molecule has 0 atom stereocenters. The van der Waals surface area contributed by atoms with E-state index in [-0.39, 0.29) is 0 Å². The van der Waals surface area contributed by atoms with Crippen molar-refractivity contribution in [3.05, 3.63) is 64.6 Å². The van der Waals surface area contributed by atoms with Gasteiger partial charge in [0, 0.05) is 12.2 Å². The van der Waals surface area contributed by atoms with Gasteiger partial charge in [0.05, 0.1) is 9.85 Å². The van der Waals surface area contributed by atoms with E-state index < -0.39 is 49.6 Å². The van der Waals surface area contributed by atoms with Gasteiger partial charge in [0.15, 0.2) is 10.1 Å². The molecule has 0 fully saturated rings. The summed E-state index contributed by atoms with van der Waals surface area (Å²) in [6, 6.07) is 0. The highest BCUT2D eigenvalue weighted by Gasteiger charge is 2.40. The predicted molar refractivity (Wildman–Crippen MR) is 69.0 cm³/mol. The van der Waals surface area contributed by atoms with Gasteiger partial charge in [-0.15, -0.1) is 10.2 Å². The van der Waals surface area contributed by atoms with Crippen molar-refractivity contribution in [3.63, 3.8) is 0 Å². The third-order valence-electron chi connectivity index (χ3n) is 2.45. The molecule has 2 rings (SSSR count). The molecule has 0 saturated carbocycles. The van der Waals surface area contributed by atoms with Gasteiger partial charge in [0.1, 0.15) is 0 Å². The van der Waals surface area contributed by atoms with Gasteiger partial charge < -0.3 is 0 Å². The molecule has 0 aromatic heterocycles. The molecule has 2 aliphatic heterocycles. The topological polar surface area (TPSA) is 179 Å². The van der Waals surface area contributed by atoms with Crippen LogP contribution >= 0.6 is 0 Å². The van der Waals surface area contributed by atoms with Crippen molar-refractivity contribution in [2.75, 3.05) is 0 Å². The maximum atomic E-state index is 11.7. The molecule has 2 aliphatic rings.